The predicted octanol–water partition coefficient (Wildman–Crippen LogP) is 6.94. The van der Waals surface area contributed by atoms with Crippen molar-refractivity contribution in [2.24, 2.45) is 0 Å². The lowest BCUT2D eigenvalue weighted by Crippen LogP contribution is -2.53. The molecule has 0 fully saturated rings. The Morgan fingerprint density at radius 2 is 1.07 bits per heavy atom. The lowest BCUT2D eigenvalue weighted by Gasteiger charge is -2.37. The largest absolute Gasteiger partial charge is 0.477 e. The highest BCUT2D eigenvalue weighted by Crippen LogP contribution is 2.23. The minimum absolute atomic E-state index is 0.0568. The van der Waals surface area contributed by atoms with Gasteiger partial charge in [0.2, 0.25) is 0 Å². The van der Waals surface area contributed by atoms with Crippen LogP contribution in [-0.2, 0) is 4.79 Å². The van der Waals surface area contributed by atoms with Gasteiger partial charge in [0.15, 0.2) is 6.54 Å². The Morgan fingerprint density at radius 3 is 1.40 bits per heavy atom. The first kappa shape index (κ1) is 29.4. The molecule has 4 nitrogen and oxygen atoms in total. The van der Waals surface area contributed by atoms with Crippen molar-refractivity contribution >= 4 is 5.97 Å². The van der Waals surface area contributed by atoms with E-state index in [0.29, 0.717) is 17.4 Å². The van der Waals surface area contributed by atoms with E-state index in [4.69, 9.17) is 5.11 Å². The van der Waals surface area contributed by atoms with Crippen LogP contribution in [0.3, 0.4) is 0 Å². The quantitative estimate of drug-likeness (QED) is 0.145. The number of hydrogen-bond donors (Lipinski definition) is 2. The molecule has 1 unspecified atom stereocenters. The summed E-state index contributed by atoms with van der Waals surface area (Å²) in [5.41, 5.74) is -0.741. The predicted molar refractivity (Wildman–Crippen MR) is 129 cm³/mol. The zero-order chi connectivity index (χ0) is 22.7. The van der Waals surface area contributed by atoms with Gasteiger partial charge >= 0.3 is 5.97 Å². The van der Waals surface area contributed by atoms with Crippen LogP contribution in [0.5, 0.6) is 0 Å². The highest BCUT2D eigenvalue weighted by atomic mass is 16.4. The molecule has 0 bridgehead atoms. The second-order valence-corrected chi connectivity index (χ2v) is 10.3. The topological polar surface area (TPSA) is 57.5 Å². The van der Waals surface area contributed by atoms with Gasteiger partial charge in [-0.3, -0.25) is 0 Å². The van der Waals surface area contributed by atoms with Gasteiger partial charge in [0.05, 0.1) is 14.1 Å². The SMILES string of the molecule is CCCCCCCCCCCCCCCCCCC(O)(CC)C[N+](C)(C)CC(=O)O. The fraction of sp³-hybridized carbons (Fsp3) is 0.962. The molecule has 180 valence electrons. The first-order valence-electron chi connectivity index (χ1n) is 13.0. The fourth-order valence-electron chi connectivity index (χ4n) is 4.59. The van der Waals surface area contributed by atoms with E-state index in [2.05, 4.69) is 6.92 Å². The molecular weight excluding hydrogens is 374 g/mol. The minimum Gasteiger partial charge on any atom is -0.477 e. The second kappa shape index (κ2) is 18.0. The Labute approximate surface area is 188 Å². The molecule has 2 N–H and O–H groups in total. The molecule has 1 atom stereocenters. The van der Waals surface area contributed by atoms with Crippen molar-refractivity contribution in [2.75, 3.05) is 27.2 Å². The summed E-state index contributed by atoms with van der Waals surface area (Å²) in [6, 6.07) is 0. The summed E-state index contributed by atoms with van der Waals surface area (Å²) >= 11 is 0. The summed E-state index contributed by atoms with van der Waals surface area (Å²) in [5, 5.41) is 19.9. The number of carboxylic acids is 1. The molecule has 0 spiro atoms. The van der Waals surface area contributed by atoms with Crippen LogP contribution in [0.15, 0.2) is 0 Å². The molecule has 0 aliphatic rings. The van der Waals surface area contributed by atoms with E-state index < -0.39 is 11.6 Å². The number of quaternary nitrogens is 1. The number of carbonyl (C=O) groups is 1. The first-order chi connectivity index (χ1) is 14.2. The molecule has 0 aromatic carbocycles. The maximum absolute atomic E-state index is 11.0. The third-order valence-corrected chi connectivity index (χ3v) is 6.44. The van der Waals surface area contributed by atoms with Crippen LogP contribution in [0.25, 0.3) is 0 Å². The van der Waals surface area contributed by atoms with E-state index >= 15 is 0 Å². The standard InChI is InChI=1S/C26H53NO3/c1-5-7-8-9-10-11-12-13-14-15-16-17-18-19-20-21-22-26(30,6-2)24-27(3,4)23-25(28)29/h30H,5-24H2,1-4H3/p+1. The lowest BCUT2D eigenvalue weighted by molar-refractivity contribution is -0.889. The molecule has 0 aromatic heterocycles. The number of rotatable bonds is 22. The zero-order valence-electron chi connectivity index (χ0n) is 20.9. The first-order valence-corrected chi connectivity index (χ1v) is 13.0. The fourth-order valence-corrected chi connectivity index (χ4v) is 4.59. The molecule has 0 rings (SSSR count). The van der Waals surface area contributed by atoms with Crippen LogP contribution >= 0.6 is 0 Å². The minimum atomic E-state index is -0.805. The normalized spacial score (nSPS) is 14.0. The Balaban J connectivity index is 3.58. The third kappa shape index (κ3) is 18.2. The summed E-state index contributed by atoms with van der Waals surface area (Å²) in [6.07, 6.45) is 23.1. The smallest absolute Gasteiger partial charge is 0.359 e. The molecule has 4 heteroatoms. The molecule has 0 heterocycles. The molecule has 0 aromatic rings. The number of carboxylic acid groups (broad SMARTS) is 1. The van der Waals surface area contributed by atoms with Gasteiger partial charge in [0, 0.05) is 0 Å². The van der Waals surface area contributed by atoms with Gasteiger partial charge in [-0.25, -0.2) is 4.79 Å². The molecule has 0 amide bonds. The summed E-state index contributed by atoms with van der Waals surface area (Å²) in [6.45, 7) is 4.85. The van der Waals surface area contributed by atoms with Crippen molar-refractivity contribution in [2.45, 2.75) is 135 Å². The van der Waals surface area contributed by atoms with Crippen molar-refractivity contribution in [3.63, 3.8) is 0 Å². The maximum atomic E-state index is 11.0. The maximum Gasteiger partial charge on any atom is 0.359 e. The number of likely N-dealkylation sites (N-methyl/N-ethyl adjacent to an activating group) is 1. The van der Waals surface area contributed by atoms with Gasteiger partial charge in [-0.1, -0.05) is 117 Å². The van der Waals surface area contributed by atoms with E-state index in [1.807, 2.05) is 21.0 Å². The summed E-state index contributed by atoms with van der Waals surface area (Å²) in [7, 11) is 3.78. The van der Waals surface area contributed by atoms with Gasteiger partial charge in [-0.15, -0.1) is 0 Å². The molecule has 0 aliphatic carbocycles. The van der Waals surface area contributed by atoms with Crippen molar-refractivity contribution in [3.05, 3.63) is 0 Å². The molecule has 0 saturated heterocycles. The van der Waals surface area contributed by atoms with Crippen molar-refractivity contribution < 1.29 is 19.5 Å². The number of hydrogen-bond acceptors (Lipinski definition) is 2. The molecule has 0 radical (unpaired) electrons. The van der Waals surface area contributed by atoms with E-state index in [9.17, 15) is 9.90 Å². The van der Waals surface area contributed by atoms with Gasteiger partial charge < -0.3 is 14.7 Å². The van der Waals surface area contributed by atoms with Crippen LogP contribution in [0.2, 0.25) is 0 Å². The number of unbranched alkanes of at least 4 members (excludes halogenated alkanes) is 15. The Morgan fingerprint density at radius 1 is 0.700 bits per heavy atom. The highest BCUT2D eigenvalue weighted by molar-refractivity contribution is 5.67. The third-order valence-electron chi connectivity index (χ3n) is 6.44. The molecular formula is C26H54NO3+. The average Bonchev–Trinajstić information content (AvgIpc) is 2.66. The second-order valence-electron chi connectivity index (χ2n) is 10.3. The van der Waals surface area contributed by atoms with Crippen molar-refractivity contribution in [1.82, 2.24) is 0 Å². The molecule has 30 heavy (non-hydrogen) atoms. The zero-order valence-corrected chi connectivity index (χ0v) is 20.9. The van der Waals surface area contributed by atoms with Gasteiger partial charge in [0.1, 0.15) is 12.1 Å². The number of aliphatic carboxylic acids is 1. The van der Waals surface area contributed by atoms with Gasteiger partial charge in [0.25, 0.3) is 0 Å². The molecule has 0 aliphatic heterocycles. The van der Waals surface area contributed by atoms with Crippen LogP contribution in [0, 0.1) is 0 Å². The van der Waals surface area contributed by atoms with Gasteiger partial charge in [-0.2, -0.15) is 0 Å². The Hall–Kier alpha value is -0.610. The Bertz CT molecular complexity index is 411. The number of nitrogens with zero attached hydrogens (tertiary/aromatic N) is 1. The van der Waals surface area contributed by atoms with Crippen molar-refractivity contribution in [3.8, 4) is 0 Å². The lowest BCUT2D eigenvalue weighted by atomic mass is 9.91. The number of aliphatic hydroxyl groups is 1. The van der Waals surface area contributed by atoms with E-state index in [0.717, 1.165) is 12.8 Å². The summed E-state index contributed by atoms with van der Waals surface area (Å²) in [5.74, 6) is -0.805. The van der Waals surface area contributed by atoms with Crippen molar-refractivity contribution in [1.29, 1.82) is 0 Å². The monoisotopic (exact) mass is 428 g/mol. The summed E-state index contributed by atoms with van der Waals surface area (Å²) < 4.78 is 0.332. The molecule has 0 saturated carbocycles. The van der Waals surface area contributed by atoms with Crippen LogP contribution < -0.4 is 0 Å². The van der Waals surface area contributed by atoms with E-state index in [1.54, 1.807) is 0 Å². The average molecular weight is 429 g/mol. The van der Waals surface area contributed by atoms with Gasteiger partial charge in [-0.05, 0) is 12.8 Å². The van der Waals surface area contributed by atoms with E-state index in [1.165, 1.54) is 96.3 Å². The Kier molecular flexibility index (Phi) is 17.6. The van der Waals surface area contributed by atoms with Crippen LogP contribution in [-0.4, -0.2) is 53.5 Å². The summed E-state index contributed by atoms with van der Waals surface area (Å²) in [4.78, 5) is 11.0. The van der Waals surface area contributed by atoms with E-state index in [-0.39, 0.29) is 6.54 Å². The van der Waals surface area contributed by atoms with Crippen LogP contribution in [0.4, 0.5) is 0 Å². The highest BCUT2D eigenvalue weighted by Gasteiger charge is 2.34. The van der Waals surface area contributed by atoms with Crippen LogP contribution in [0.1, 0.15) is 129 Å².